The number of hydrogen-bond acceptors (Lipinski definition) is 10. The van der Waals surface area contributed by atoms with Crippen molar-refractivity contribution in [1.29, 1.82) is 0 Å². The number of nitrogens with zero attached hydrogens (tertiary/aromatic N) is 7. The van der Waals surface area contributed by atoms with Gasteiger partial charge in [-0.05, 0) is 11.8 Å². The van der Waals surface area contributed by atoms with Crippen LogP contribution in [0, 0.1) is 17.0 Å². The minimum atomic E-state index is -0.624. The topological polar surface area (TPSA) is 184 Å². The molecule has 3 aromatic rings. The quantitative estimate of drug-likeness (QED) is 0.283. The third kappa shape index (κ3) is 4.94. The second kappa shape index (κ2) is 8.64. The highest BCUT2D eigenvalue weighted by molar-refractivity contribution is 5.92. The van der Waals surface area contributed by atoms with Crippen molar-refractivity contribution in [3.05, 3.63) is 57.9 Å². The van der Waals surface area contributed by atoms with E-state index in [2.05, 4.69) is 35.8 Å². The minimum absolute atomic E-state index is 0.00459. The number of aromatic nitrogens is 6. The van der Waals surface area contributed by atoms with E-state index in [4.69, 9.17) is 4.52 Å². The lowest BCUT2D eigenvalue weighted by molar-refractivity contribution is -0.389. The monoisotopic (exact) mass is 401 g/mol. The summed E-state index contributed by atoms with van der Waals surface area (Å²) in [6.45, 7) is 1.92. The van der Waals surface area contributed by atoms with Gasteiger partial charge in [-0.25, -0.2) is 4.98 Å². The third-order valence-electron chi connectivity index (χ3n) is 3.60. The molecule has 0 bridgehead atoms. The molecule has 3 heterocycles. The third-order valence-corrected chi connectivity index (χ3v) is 3.60. The molecular formula is C15H15N9O5. The van der Waals surface area contributed by atoms with Crippen molar-refractivity contribution in [2.75, 3.05) is 13.1 Å². The summed E-state index contributed by atoms with van der Waals surface area (Å²) in [5, 5.41) is 23.3. The van der Waals surface area contributed by atoms with Crippen LogP contribution in [-0.4, -0.2) is 59.7 Å². The Morgan fingerprint density at radius 2 is 2.00 bits per heavy atom. The lowest BCUT2D eigenvalue weighted by Crippen LogP contribution is -2.35. The van der Waals surface area contributed by atoms with Gasteiger partial charge in [0.1, 0.15) is 12.2 Å². The Morgan fingerprint density at radius 3 is 2.66 bits per heavy atom. The van der Waals surface area contributed by atoms with E-state index in [1.54, 1.807) is 6.92 Å². The molecule has 14 nitrogen and oxygen atoms in total. The highest BCUT2D eigenvalue weighted by Crippen LogP contribution is 2.12. The Balaban J connectivity index is 1.48. The fourth-order valence-corrected chi connectivity index (χ4v) is 2.22. The van der Waals surface area contributed by atoms with Crippen molar-refractivity contribution < 1.29 is 19.0 Å². The van der Waals surface area contributed by atoms with Gasteiger partial charge in [0.05, 0.1) is 23.1 Å². The van der Waals surface area contributed by atoms with Gasteiger partial charge in [0.25, 0.3) is 5.91 Å². The molecule has 0 radical (unpaired) electrons. The molecule has 150 valence electrons. The zero-order valence-electron chi connectivity index (χ0n) is 15.1. The van der Waals surface area contributed by atoms with Crippen molar-refractivity contribution in [2.45, 2.75) is 13.5 Å². The first kappa shape index (κ1) is 19.5. The second-order valence-corrected chi connectivity index (χ2v) is 5.68. The Morgan fingerprint density at radius 1 is 1.24 bits per heavy atom. The van der Waals surface area contributed by atoms with Gasteiger partial charge in [-0.3, -0.25) is 14.6 Å². The minimum Gasteiger partial charge on any atom is -0.358 e. The number of hydrogen-bond donors (Lipinski definition) is 2. The van der Waals surface area contributed by atoms with E-state index in [0.717, 1.165) is 0 Å². The number of carbonyl (C=O) groups excluding carboxylic acids is 2. The van der Waals surface area contributed by atoms with Crippen LogP contribution in [0.15, 0.2) is 29.2 Å². The molecule has 0 fully saturated rings. The summed E-state index contributed by atoms with van der Waals surface area (Å²) in [4.78, 5) is 45.5. The van der Waals surface area contributed by atoms with Crippen LogP contribution in [-0.2, 0) is 6.54 Å². The number of rotatable bonds is 8. The van der Waals surface area contributed by atoms with Crippen LogP contribution in [0.25, 0.3) is 0 Å². The summed E-state index contributed by atoms with van der Waals surface area (Å²) in [6, 6.07) is 1.31. The van der Waals surface area contributed by atoms with Crippen molar-refractivity contribution >= 4 is 17.6 Å². The predicted octanol–water partition coefficient (Wildman–Crippen LogP) is -0.519. The van der Waals surface area contributed by atoms with Crippen LogP contribution >= 0.6 is 0 Å². The average molecular weight is 401 g/mol. The Bertz CT molecular complexity index is 1030. The first-order valence-electron chi connectivity index (χ1n) is 8.28. The molecule has 0 aromatic carbocycles. The van der Waals surface area contributed by atoms with Crippen LogP contribution in [0.2, 0.25) is 0 Å². The molecule has 0 saturated heterocycles. The van der Waals surface area contributed by atoms with Gasteiger partial charge < -0.3 is 25.3 Å². The lowest BCUT2D eigenvalue weighted by Gasteiger charge is -2.04. The van der Waals surface area contributed by atoms with E-state index in [0.29, 0.717) is 5.69 Å². The smallest absolute Gasteiger partial charge is 0.358 e. The Labute approximate surface area is 162 Å². The van der Waals surface area contributed by atoms with Crippen LogP contribution in [0.4, 0.5) is 5.82 Å². The van der Waals surface area contributed by atoms with E-state index in [1.165, 1.54) is 29.3 Å². The molecule has 0 aliphatic rings. The Hall–Kier alpha value is -4.23. The molecule has 3 rings (SSSR count). The van der Waals surface area contributed by atoms with E-state index in [1.807, 2.05) is 0 Å². The van der Waals surface area contributed by atoms with Gasteiger partial charge in [-0.15, -0.1) is 0 Å². The maximum Gasteiger partial charge on any atom is 0.390 e. The molecule has 2 amide bonds. The largest absolute Gasteiger partial charge is 0.390 e. The van der Waals surface area contributed by atoms with Gasteiger partial charge in [-0.1, -0.05) is 5.16 Å². The summed E-state index contributed by atoms with van der Waals surface area (Å²) < 4.78 is 6.21. The fraction of sp³-hybridized carbons (Fsp3) is 0.267. The van der Waals surface area contributed by atoms with Crippen molar-refractivity contribution in [3.63, 3.8) is 0 Å². The van der Waals surface area contributed by atoms with E-state index >= 15 is 0 Å². The molecule has 14 heteroatoms. The summed E-state index contributed by atoms with van der Waals surface area (Å²) in [5.41, 5.74) is 0.695. The van der Waals surface area contributed by atoms with Crippen molar-refractivity contribution in [2.24, 2.45) is 0 Å². The second-order valence-electron chi connectivity index (χ2n) is 5.68. The van der Waals surface area contributed by atoms with Crippen LogP contribution in [0.5, 0.6) is 0 Å². The molecular weight excluding hydrogens is 386 g/mol. The van der Waals surface area contributed by atoms with Gasteiger partial charge in [-0.2, -0.15) is 9.67 Å². The van der Waals surface area contributed by atoms with E-state index in [9.17, 15) is 19.7 Å². The number of carbonyl (C=O) groups is 2. The molecule has 0 aliphatic heterocycles. The number of amides is 2. The van der Waals surface area contributed by atoms with Gasteiger partial charge in [0, 0.05) is 25.5 Å². The summed E-state index contributed by atoms with van der Waals surface area (Å²) >= 11 is 0. The fourth-order valence-electron chi connectivity index (χ4n) is 2.22. The number of aryl methyl sites for hydroxylation is 1. The zero-order chi connectivity index (χ0) is 20.8. The summed E-state index contributed by atoms with van der Waals surface area (Å²) in [6.07, 6.45) is 4.17. The predicted molar refractivity (Wildman–Crippen MR) is 93.7 cm³/mol. The molecule has 0 unspecified atom stereocenters. The molecule has 0 aliphatic carbocycles. The van der Waals surface area contributed by atoms with E-state index < -0.39 is 16.7 Å². The molecule has 29 heavy (non-hydrogen) atoms. The highest BCUT2D eigenvalue weighted by atomic mass is 16.6. The molecule has 0 atom stereocenters. The summed E-state index contributed by atoms with van der Waals surface area (Å²) in [5.74, 6) is -1.49. The first-order chi connectivity index (χ1) is 13.9. The maximum absolute atomic E-state index is 12.0. The zero-order valence-corrected chi connectivity index (χ0v) is 15.1. The molecule has 0 spiro atoms. The molecule has 3 aromatic heterocycles. The molecule has 0 saturated carbocycles. The van der Waals surface area contributed by atoms with Crippen LogP contribution in [0.3, 0.4) is 0 Å². The van der Waals surface area contributed by atoms with Crippen LogP contribution < -0.4 is 10.6 Å². The lowest BCUT2D eigenvalue weighted by atomic mass is 10.4. The first-order valence-corrected chi connectivity index (χ1v) is 8.28. The Kier molecular flexibility index (Phi) is 5.82. The summed E-state index contributed by atoms with van der Waals surface area (Å²) in [7, 11) is 0. The molecule has 2 N–H and O–H groups in total. The highest BCUT2D eigenvalue weighted by Gasteiger charge is 2.19. The van der Waals surface area contributed by atoms with Gasteiger partial charge in [0.15, 0.2) is 5.82 Å². The SMILES string of the molecule is Cc1cc([N+](=O)[O-])nn1Cc1noc(C(=O)NCCNC(=O)c2cnccn2)n1. The van der Waals surface area contributed by atoms with Gasteiger partial charge >= 0.3 is 17.6 Å². The number of nitro groups is 1. The van der Waals surface area contributed by atoms with E-state index in [-0.39, 0.29) is 42.9 Å². The standard InChI is InChI=1S/C15H15N9O5/c1-9-6-12(24(27)28)21-23(9)8-11-20-15(29-22-11)14(26)19-5-4-18-13(25)10-7-16-2-3-17-10/h2-3,6-7H,4-5,8H2,1H3,(H,18,25)(H,19,26). The number of nitrogens with one attached hydrogen (secondary N) is 2. The van der Waals surface area contributed by atoms with Crippen molar-refractivity contribution in [3.8, 4) is 0 Å². The average Bonchev–Trinajstić information content (AvgIpc) is 3.33. The van der Waals surface area contributed by atoms with Crippen molar-refractivity contribution in [1.82, 2.24) is 40.5 Å². The van der Waals surface area contributed by atoms with Crippen LogP contribution in [0.1, 0.15) is 32.7 Å². The van der Waals surface area contributed by atoms with Gasteiger partial charge in [0.2, 0.25) is 0 Å². The normalized spacial score (nSPS) is 10.5. The maximum atomic E-state index is 12.0.